The average molecular weight is 408 g/mol. The molecule has 5 aromatic rings. The number of hydrogen-bond acceptors (Lipinski definition) is 6. The van der Waals surface area contributed by atoms with E-state index in [0.29, 0.717) is 28.8 Å². The monoisotopic (exact) mass is 408 g/mol. The molecular weight excluding hydrogens is 392 g/mol. The van der Waals surface area contributed by atoms with Crippen LogP contribution in [0, 0.1) is 0 Å². The van der Waals surface area contributed by atoms with Gasteiger partial charge in [-0.15, -0.1) is 0 Å². The van der Waals surface area contributed by atoms with Crippen molar-refractivity contribution in [2.75, 3.05) is 5.32 Å². The first-order chi connectivity index (χ1) is 15.2. The third-order valence-electron chi connectivity index (χ3n) is 4.53. The van der Waals surface area contributed by atoms with Crippen molar-refractivity contribution in [2.24, 2.45) is 0 Å². The fraction of sp³-hybridized carbons (Fsp3) is 0. The summed E-state index contributed by atoms with van der Waals surface area (Å²) < 4.78 is 7.41. The van der Waals surface area contributed by atoms with Gasteiger partial charge in [0.2, 0.25) is 5.88 Å². The molecule has 0 atom stereocenters. The van der Waals surface area contributed by atoms with E-state index < -0.39 is 0 Å². The molecule has 0 aliphatic rings. The van der Waals surface area contributed by atoms with Gasteiger partial charge in [-0.05, 0) is 42.5 Å². The fourth-order valence-corrected chi connectivity index (χ4v) is 3.03. The summed E-state index contributed by atoms with van der Waals surface area (Å²) in [6, 6.07) is 21.8. The summed E-state index contributed by atoms with van der Waals surface area (Å²) in [5.41, 5.74) is 1.76. The van der Waals surface area contributed by atoms with E-state index in [4.69, 9.17) is 4.74 Å². The van der Waals surface area contributed by atoms with E-state index in [1.54, 1.807) is 53.5 Å². The van der Waals surface area contributed by atoms with E-state index in [1.165, 1.54) is 6.33 Å². The normalized spacial score (nSPS) is 10.7. The standard InChI is InChI=1S/C23H16N6O2/c30-23(20-11-6-16-4-1-2-5-19(16)28-20)27-17-7-9-18(10-8-17)31-22-14-21(24-15-25-22)29-13-3-12-26-29/h1-15H,(H,27,30). The van der Waals surface area contributed by atoms with Crippen molar-refractivity contribution in [3.05, 3.63) is 97.2 Å². The number of pyridine rings is 1. The molecule has 5 rings (SSSR count). The predicted molar refractivity (Wildman–Crippen MR) is 115 cm³/mol. The maximum Gasteiger partial charge on any atom is 0.274 e. The number of nitrogens with zero attached hydrogens (tertiary/aromatic N) is 5. The number of carbonyl (C=O) groups excluding carboxylic acids is 1. The summed E-state index contributed by atoms with van der Waals surface area (Å²) >= 11 is 0. The molecule has 0 saturated carbocycles. The largest absolute Gasteiger partial charge is 0.439 e. The van der Waals surface area contributed by atoms with Crippen molar-refractivity contribution < 1.29 is 9.53 Å². The number of benzene rings is 2. The molecule has 8 nitrogen and oxygen atoms in total. The molecule has 3 heterocycles. The highest BCUT2D eigenvalue weighted by Crippen LogP contribution is 2.22. The summed E-state index contributed by atoms with van der Waals surface area (Å²) in [5.74, 6) is 1.28. The van der Waals surface area contributed by atoms with Crippen molar-refractivity contribution in [2.45, 2.75) is 0 Å². The minimum atomic E-state index is -0.279. The lowest BCUT2D eigenvalue weighted by Crippen LogP contribution is -2.13. The van der Waals surface area contributed by atoms with Crippen molar-refractivity contribution in [3.8, 4) is 17.4 Å². The number of nitrogens with one attached hydrogen (secondary N) is 1. The lowest BCUT2D eigenvalue weighted by atomic mass is 10.2. The number of rotatable bonds is 5. The number of aromatic nitrogens is 5. The number of hydrogen-bond donors (Lipinski definition) is 1. The number of carbonyl (C=O) groups is 1. The van der Waals surface area contributed by atoms with Gasteiger partial charge in [-0.1, -0.05) is 24.3 Å². The zero-order valence-corrected chi connectivity index (χ0v) is 16.2. The molecule has 0 spiro atoms. The lowest BCUT2D eigenvalue weighted by molar-refractivity contribution is 0.102. The first kappa shape index (κ1) is 18.4. The van der Waals surface area contributed by atoms with Gasteiger partial charge in [0.15, 0.2) is 5.82 Å². The van der Waals surface area contributed by atoms with Crippen LogP contribution < -0.4 is 10.1 Å². The van der Waals surface area contributed by atoms with Crippen LogP contribution in [-0.2, 0) is 0 Å². The van der Waals surface area contributed by atoms with Crippen LogP contribution in [0.4, 0.5) is 5.69 Å². The molecule has 31 heavy (non-hydrogen) atoms. The first-order valence-corrected chi connectivity index (χ1v) is 9.52. The van der Waals surface area contributed by atoms with Crippen molar-refractivity contribution in [3.63, 3.8) is 0 Å². The Morgan fingerprint density at radius 1 is 0.935 bits per heavy atom. The third-order valence-corrected chi connectivity index (χ3v) is 4.53. The Kier molecular flexibility index (Phi) is 4.78. The smallest absolute Gasteiger partial charge is 0.274 e. The topological polar surface area (TPSA) is 94.8 Å². The minimum Gasteiger partial charge on any atom is -0.439 e. The van der Waals surface area contributed by atoms with Crippen LogP contribution in [0.25, 0.3) is 16.7 Å². The Morgan fingerprint density at radius 2 is 1.81 bits per heavy atom. The number of para-hydroxylation sites is 1. The van der Waals surface area contributed by atoms with Crippen LogP contribution in [0.5, 0.6) is 11.6 Å². The molecule has 0 unspecified atom stereocenters. The van der Waals surface area contributed by atoms with E-state index in [9.17, 15) is 4.79 Å². The number of amides is 1. The third kappa shape index (κ3) is 4.08. The molecule has 0 saturated heterocycles. The number of ether oxygens (including phenoxy) is 1. The van der Waals surface area contributed by atoms with Gasteiger partial charge in [0.1, 0.15) is 17.8 Å². The Balaban J connectivity index is 1.27. The zero-order chi connectivity index (χ0) is 21.0. The first-order valence-electron chi connectivity index (χ1n) is 9.52. The molecule has 1 amide bonds. The van der Waals surface area contributed by atoms with Crippen LogP contribution in [0.3, 0.4) is 0 Å². The molecule has 1 N–H and O–H groups in total. The zero-order valence-electron chi connectivity index (χ0n) is 16.2. The maximum absolute atomic E-state index is 12.6. The van der Waals surface area contributed by atoms with E-state index in [2.05, 4.69) is 25.4 Å². The van der Waals surface area contributed by atoms with E-state index in [1.807, 2.05) is 36.4 Å². The van der Waals surface area contributed by atoms with Gasteiger partial charge in [-0.2, -0.15) is 5.10 Å². The highest BCUT2D eigenvalue weighted by molar-refractivity contribution is 6.04. The Bertz CT molecular complexity index is 1350. The number of anilines is 1. The summed E-state index contributed by atoms with van der Waals surface area (Å²) in [4.78, 5) is 25.3. The van der Waals surface area contributed by atoms with Crippen LogP contribution in [-0.4, -0.2) is 30.6 Å². The molecule has 3 aromatic heterocycles. The summed E-state index contributed by atoms with van der Waals surface area (Å²) in [7, 11) is 0. The molecule has 0 radical (unpaired) electrons. The van der Waals surface area contributed by atoms with Crippen LogP contribution in [0.15, 0.2) is 91.5 Å². The molecule has 2 aromatic carbocycles. The second-order valence-electron chi connectivity index (χ2n) is 6.63. The number of fused-ring (bicyclic) bond motifs is 1. The molecule has 0 fully saturated rings. The van der Waals surface area contributed by atoms with Crippen LogP contribution in [0.2, 0.25) is 0 Å². The van der Waals surface area contributed by atoms with Crippen molar-refractivity contribution >= 4 is 22.5 Å². The SMILES string of the molecule is O=C(Nc1ccc(Oc2cc(-n3cccn3)ncn2)cc1)c1ccc2ccccc2n1. The second-order valence-corrected chi connectivity index (χ2v) is 6.63. The Morgan fingerprint density at radius 3 is 2.65 bits per heavy atom. The van der Waals surface area contributed by atoms with Crippen molar-refractivity contribution in [1.29, 1.82) is 0 Å². The van der Waals surface area contributed by atoms with E-state index >= 15 is 0 Å². The predicted octanol–water partition coefficient (Wildman–Crippen LogP) is 4.26. The van der Waals surface area contributed by atoms with Gasteiger partial charge in [0.25, 0.3) is 5.91 Å². The quantitative estimate of drug-likeness (QED) is 0.467. The van der Waals surface area contributed by atoms with Gasteiger partial charge >= 0.3 is 0 Å². The van der Waals surface area contributed by atoms with Gasteiger partial charge in [0, 0.05) is 29.5 Å². The maximum atomic E-state index is 12.6. The summed E-state index contributed by atoms with van der Waals surface area (Å²) in [6.07, 6.45) is 4.87. The van der Waals surface area contributed by atoms with Gasteiger partial charge in [0.05, 0.1) is 5.52 Å². The lowest BCUT2D eigenvalue weighted by Gasteiger charge is -2.08. The molecule has 0 aliphatic carbocycles. The van der Waals surface area contributed by atoms with Gasteiger partial charge in [-0.25, -0.2) is 19.6 Å². The molecule has 8 heteroatoms. The average Bonchev–Trinajstić information content (AvgIpc) is 3.35. The highest BCUT2D eigenvalue weighted by Gasteiger charge is 2.09. The fourth-order valence-electron chi connectivity index (χ4n) is 3.03. The van der Waals surface area contributed by atoms with Crippen LogP contribution in [0.1, 0.15) is 10.5 Å². The highest BCUT2D eigenvalue weighted by atomic mass is 16.5. The summed E-state index contributed by atoms with van der Waals surface area (Å²) in [5, 5.41) is 7.98. The molecule has 0 aliphatic heterocycles. The van der Waals surface area contributed by atoms with Crippen molar-refractivity contribution in [1.82, 2.24) is 24.7 Å². The minimum absolute atomic E-state index is 0.279. The molecule has 0 bridgehead atoms. The second kappa shape index (κ2) is 8.03. The van der Waals surface area contributed by atoms with E-state index in [0.717, 1.165) is 10.9 Å². The molecule has 150 valence electrons. The Hall–Kier alpha value is -4.59. The summed E-state index contributed by atoms with van der Waals surface area (Å²) in [6.45, 7) is 0. The van der Waals surface area contributed by atoms with Crippen LogP contribution >= 0.6 is 0 Å². The van der Waals surface area contributed by atoms with Gasteiger partial charge in [-0.3, -0.25) is 4.79 Å². The Labute approximate surface area is 177 Å². The van der Waals surface area contributed by atoms with Gasteiger partial charge < -0.3 is 10.1 Å². The molecular formula is C23H16N6O2. The van der Waals surface area contributed by atoms with E-state index in [-0.39, 0.29) is 5.91 Å².